The van der Waals surface area contributed by atoms with E-state index >= 15 is 0 Å². The van der Waals surface area contributed by atoms with Crippen molar-refractivity contribution in [3.63, 3.8) is 0 Å². The third-order valence-electron chi connectivity index (χ3n) is 4.75. The molecule has 0 aliphatic carbocycles. The summed E-state index contributed by atoms with van der Waals surface area (Å²) in [5.74, 6) is 0.0960. The van der Waals surface area contributed by atoms with Crippen LogP contribution in [0.1, 0.15) is 34.9 Å². The van der Waals surface area contributed by atoms with Crippen molar-refractivity contribution in [1.82, 2.24) is 24.0 Å². The summed E-state index contributed by atoms with van der Waals surface area (Å²) in [6.07, 6.45) is 13.2. The van der Waals surface area contributed by atoms with Crippen LogP contribution in [0.5, 0.6) is 0 Å². The summed E-state index contributed by atoms with van der Waals surface area (Å²) in [4.78, 5) is 23.3. The van der Waals surface area contributed by atoms with Crippen molar-refractivity contribution in [1.29, 1.82) is 0 Å². The molecule has 4 rings (SSSR count). The van der Waals surface area contributed by atoms with Crippen molar-refractivity contribution < 1.29 is 4.79 Å². The lowest BCUT2D eigenvalue weighted by Gasteiger charge is -2.33. The highest BCUT2D eigenvalue weighted by molar-refractivity contribution is 5.92. The molecule has 1 aliphatic rings. The second kappa shape index (κ2) is 6.93. The molecule has 128 valence electrons. The standard InChI is InChI=1S/C19H21N5O/c25-19(23-10-2-5-17(14-23)24-11-8-21-15-24)18-6-3-9-22(18)13-16-4-1-7-20-12-16/h1,3-4,6-9,11-12,15,17H,2,5,10,13-14H2/t17-/m0/s1. The van der Waals surface area contributed by atoms with E-state index in [-0.39, 0.29) is 5.91 Å². The number of aromatic nitrogens is 4. The molecule has 0 aromatic carbocycles. The zero-order valence-corrected chi connectivity index (χ0v) is 14.0. The first-order valence-corrected chi connectivity index (χ1v) is 8.62. The average Bonchev–Trinajstić information content (AvgIpc) is 3.34. The predicted molar refractivity (Wildman–Crippen MR) is 94.2 cm³/mol. The van der Waals surface area contributed by atoms with Crippen LogP contribution in [-0.2, 0) is 6.54 Å². The van der Waals surface area contributed by atoms with Crippen LogP contribution in [0.15, 0.2) is 61.6 Å². The highest BCUT2D eigenvalue weighted by Crippen LogP contribution is 2.23. The molecule has 0 N–H and O–H groups in total. The minimum Gasteiger partial charge on any atom is -0.339 e. The van der Waals surface area contributed by atoms with Gasteiger partial charge in [-0.2, -0.15) is 0 Å². The van der Waals surface area contributed by atoms with Crippen molar-refractivity contribution in [2.75, 3.05) is 13.1 Å². The number of nitrogens with zero attached hydrogens (tertiary/aromatic N) is 5. The summed E-state index contributed by atoms with van der Waals surface area (Å²) in [5, 5.41) is 0. The smallest absolute Gasteiger partial charge is 0.270 e. The number of hydrogen-bond donors (Lipinski definition) is 0. The third-order valence-corrected chi connectivity index (χ3v) is 4.75. The maximum atomic E-state index is 13.1. The number of hydrogen-bond acceptors (Lipinski definition) is 3. The molecule has 0 bridgehead atoms. The number of pyridine rings is 1. The van der Waals surface area contributed by atoms with E-state index in [2.05, 4.69) is 14.5 Å². The number of imidazole rings is 1. The normalized spacial score (nSPS) is 17.6. The van der Waals surface area contributed by atoms with Crippen molar-refractivity contribution in [3.05, 3.63) is 72.8 Å². The summed E-state index contributed by atoms with van der Waals surface area (Å²) in [5.41, 5.74) is 1.82. The summed E-state index contributed by atoms with van der Waals surface area (Å²) in [7, 11) is 0. The second-order valence-corrected chi connectivity index (χ2v) is 6.44. The Balaban J connectivity index is 1.50. The fourth-order valence-electron chi connectivity index (χ4n) is 3.46. The van der Waals surface area contributed by atoms with Gasteiger partial charge in [0.15, 0.2) is 0 Å². The molecule has 6 nitrogen and oxygen atoms in total. The number of rotatable bonds is 4. The van der Waals surface area contributed by atoms with E-state index in [1.165, 1.54) is 0 Å². The molecule has 0 spiro atoms. The number of likely N-dealkylation sites (tertiary alicyclic amines) is 1. The summed E-state index contributed by atoms with van der Waals surface area (Å²) in [6.45, 7) is 2.19. The van der Waals surface area contributed by atoms with Gasteiger partial charge in [0.1, 0.15) is 5.69 Å². The molecule has 4 heterocycles. The minimum absolute atomic E-state index is 0.0960. The van der Waals surface area contributed by atoms with Crippen LogP contribution in [0.25, 0.3) is 0 Å². The zero-order valence-electron chi connectivity index (χ0n) is 14.0. The van der Waals surface area contributed by atoms with Gasteiger partial charge in [0, 0.05) is 50.6 Å². The SMILES string of the molecule is O=C(c1cccn1Cc1cccnc1)N1CCC[C@H](n2ccnc2)C1. The molecule has 1 saturated heterocycles. The van der Waals surface area contributed by atoms with Gasteiger partial charge < -0.3 is 14.0 Å². The van der Waals surface area contributed by atoms with Gasteiger partial charge in [-0.3, -0.25) is 9.78 Å². The molecule has 6 heteroatoms. The Morgan fingerprint density at radius 1 is 1.16 bits per heavy atom. The molecule has 0 unspecified atom stereocenters. The van der Waals surface area contributed by atoms with E-state index in [4.69, 9.17) is 0 Å². The Kier molecular flexibility index (Phi) is 4.33. The van der Waals surface area contributed by atoms with Gasteiger partial charge in [0.2, 0.25) is 0 Å². The average molecular weight is 335 g/mol. The Labute approximate surface area is 146 Å². The van der Waals surface area contributed by atoms with Crippen LogP contribution in [0, 0.1) is 0 Å². The Bertz CT molecular complexity index is 825. The first-order chi connectivity index (χ1) is 12.3. The molecule has 1 atom stereocenters. The minimum atomic E-state index is 0.0960. The number of carbonyl (C=O) groups excluding carboxylic acids is 1. The van der Waals surface area contributed by atoms with Gasteiger partial charge >= 0.3 is 0 Å². The second-order valence-electron chi connectivity index (χ2n) is 6.44. The molecular weight excluding hydrogens is 314 g/mol. The van der Waals surface area contributed by atoms with Crippen molar-refractivity contribution in [2.45, 2.75) is 25.4 Å². The Hall–Kier alpha value is -2.89. The van der Waals surface area contributed by atoms with Crippen LogP contribution in [-0.4, -0.2) is 43.0 Å². The maximum Gasteiger partial charge on any atom is 0.270 e. The highest BCUT2D eigenvalue weighted by Gasteiger charge is 2.26. The van der Waals surface area contributed by atoms with Gasteiger partial charge in [-0.05, 0) is 36.6 Å². The van der Waals surface area contributed by atoms with Gasteiger partial charge in [-0.1, -0.05) is 6.07 Å². The quantitative estimate of drug-likeness (QED) is 0.736. The molecule has 0 radical (unpaired) electrons. The van der Waals surface area contributed by atoms with E-state index in [1.54, 1.807) is 12.4 Å². The first kappa shape index (κ1) is 15.6. The van der Waals surface area contributed by atoms with Crippen molar-refractivity contribution in [2.24, 2.45) is 0 Å². The van der Waals surface area contributed by atoms with Crippen LogP contribution >= 0.6 is 0 Å². The van der Waals surface area contributed by atoms with Gasteiger partial charge in [0.05, 0.1) is 12.4 Å². The zero-order chi connectivity index (χ0) is 17.1. The summed E-state index contributed by atoms with van der Waals surface area (Å²) < 4.78 is 4.11. The summed E-state index contributed by atoms with van der Waals surface area (Å²) in [6, 6.07) is 8.08. The monoisotopic (exact) mass is 335 g/mol. The molecule has 25 heavy (non-hydrogen) atoms. The third kappa shape index (κ3) is 3.33. The topological polar surface area (TPSA) is 56.0 Å². The summed E-state index contributed by atoms with van der Waals surface area (Å²) >= 11 is 0. The van der Waals surface area contributed by atoms with Crippen LogP contribution in [0.2, 0.25) is 0 Å². The van der Waals surface area contributed by atoms with E-state index in [0.29, 0.717) is 12.6 Å². The number of piperidine rings is 1. The lowest BCUT2D eigenvalue weighted by atomic mass is 10.1. The largest absolute Gasteiger partial charge is 0.339 e. The number of carbonyl (C=O) groups is 1. The van der Waals surface area contributed by atoms with Crippen molar-refractivity contribution >= 4 is 5.91 Å². The van der Waals surface area contributed by atoms with Gasteiger partial charge in [-0.25, -0.2) is 4.98 Å². The van der Waals surface area contributed by atoms with E-state index in [1.807, 2.05) is 58.7 Å². The molecule has 3 aromatic heterocycles. The molecule has 1 aliphatic heterocycles. The lowest BCUT2D eigenvalue weighted by Crippen LogP contribution is -2.41. The fraction of sp³-hybridized carbons (Fsp3) is 0.316. The van der Waals surface area contributed by atoms with Crippen LogP contribution < -0.4 is 0 Å². The predicted octanol–water partition coefficient (Wildman–Crippen LogP) is 2.61. The van der Waals surface area contributed by atoms with Crippen molar-refractivity contribution in [3.8, 4) is 0 Å². The van der Waals surface area contributed by atoms with E-state index in [9.17, 15) is 4.79 Å². The Morgan fingerprint density at radius 3 is 2.92 bits per heavy atom. The van der Waals surface area contributed by atoms with E-state index in [0.717, 1.165) is 37.2 Å². The number of amides is 1. The maximum absolute atomic E-state index is 13.1. The first-order valence-electron chi connectivity index (χ1n) is 8.62. The van der Waals surface area contributed by atoms with E-state index < -0.39 is 0 Å². The van der Waals surface area contributed by atoms with Crippen LogP contribution in [0.4, 0.5) is 0 Å². The van der Waals surface area contributed by atoms with Crippen LogP contribution in [0.3, 0.4) is 0 Å². The molecule has 3 aromatic rings. The highest BCUT2D eigenvalue weighted by atomic mass is 16.2. The molecule has 0 saturated carbocycles. The fourth-order valence-corrected chi connectivity index (χ4v) is 3.46. The molecule has 1 fully saturated rings. The lowest BCUT2D eigenvalue weighted by molar-refractivity contribution is 0.0669. The Morgan fingerprint density at radius 2 is 2.12 bits per heavy atom. The molecule has 1 amide bonds. The molecular formula is C19H21N5O. The van der Waals surface area contributed by atoms with Gasteiger partial charge in [-0.15, -0.1) is 0 Å². The van der Waals surface area contributed by atoms with Gasteiger partial charge in [0.25, 0.3) is 5.91 Å².